The highest BCUT2D eigenvalue weighted by molar-refractivity contribution is 6.24. The third-order valence-corrected chi connectivity index (χ3v) is 4.60. The van der Waals surface area contributed by atoms with Crippen LogP contribution in [0.5, 0.6) is 0 Å². The minimum atomic E-state index is -0.461. The molecule has 33 heavy (non-hydrogen) atoms. The lowest BCUT2D eigenvalue weighted by Crippen LogP contribution is -2.19. The van der Waals surface area contributed by atoms with E-state index in [2.05, 4.69) is 20.8 Å². The van der Waals surface area contributed by atoms with Gasteiger partial charge in [0, 0.05) is 17.3 Å². The van der Waals surface area contributed by atoms with Crippen molar-refractivity contribution in [3.63, 3.8) is 0 Å². The highest BCUT2D eigenvalue weighted by Crippen LogP contribution is 2.22. The van der Waals surface area contributed by atoms with E-state index in [1.807, 2.05) is 37.3 Å². The molecule has 2 aromatic carbocycles. The van der Waals surface area contributed by atoms with Crippen LogP contribution in [0.25, 0.3) is 23.2 Å². The molecule has 1 amide bonds. The fourth-order valence-electron chi connectivity index (χ4n) is 3.01. The zero-order chi connectivity index (χ0) is 23.0. The van der Waals surface area contributed by atoms with E-state index in [1.165, 1.54) is 10.9 Å². The summed E-state index contributed by atoms with van der Waals surface area (Å²) in [4.78, 5) is 25.2. The Kier molecular flexibility index (Phi) is 6.70. The van der Waals surface area contributed by atoms with Gasteiger partial charge in [0.15, 0.2) is 5.82 Å². The monoisotopic (exact) mass is 443 g/mol. The molecule has 0 saturated heterocycles. The van der Waals surface area contributed by atoms with E-state index in [1.54, 1.807) is 42.5 Å². The summed E-state index contributed by atoms with van der Waals surface area (Å²) in [6, 6.07) is 19.2. The van der Waals surface area contributed by atoms with Crippen LogP contribution < -0.4 is 5.32 Å². The Morgan fingerprint density at radius 3 is 2.55 bits per heavy atom. The molecule has 9 nitrogen and oxygen atoms in total. The van der Waals surface area contributed by atoms with Crippen molar-refractivity contribution in [2.75, 3.05) is 11.9 Å². The number of aromatic nitrogens is 4. The van der Waals surface area contributed by atoms with E-state index < -0.39 is 11.9 Å². The van der Waals surface area contributed by atoms with Crippen LogP contribution in [0.1, 0.15) is 29.5 Å². The van der Waals surface area contributed by atoms with E-state index in [4.69, 9.17) is 9.15 Å². The fourth-order valence-corrected chi connectivity index (χ4v) is 3.01. The molecule has 0 unspecified atom stereocenters. The van der Waals surface area contributed by atoms with Gasteiger partial charge < -0.3 is 14.5 Å². The van der Waals surface area contributed by atoms with Crippen LogP contribution in [0.15, 0.2) is 77.4 Å². The normalized spacial score (nSPS) is 11.2. The molecule has 1 N–H and O–H groups in total. The number of tetrazole rings is 1. The number of carbonyl (C=O) groups excluding carboxylic acids is 2. The highest BCUT2D eigenvalue weighted by atomic mass is 16.5. The zero-order valence-electron chi connectivity index (χ0n) is 17.8. The smallest absolute Gasteiger partial charge is 0.338 e. The molecule has 0 aliphatic rings. The average molecular weight is 443 g/mol. The quantitative estimate of drug-likeness (QED) is 0.322. The molecule has 0 spiro atoms. The molecule has 2 aromatic heterocycles. The number of hydrogen-bond donors (Lipinski definition) is 1. The lowest BCUT2D eigenvalue weighted by Gasteiger charge is -2.11. The Balaban J connectivity index is 1.61. The number of nitrogens with one attached hydrogen (secondary N) is 1. The summed E-state index contributed by atoms with van der Waals surface area (Å²) in [5.41, 5.74) is 1.79. The van der Waals surface area contributed by atoms with Crippen molar-refractivity contribution in [2.45, 2.75) is 13.3 Å². The van der Waals surface area contributed by atoms with Gasteiger partial charge in [0.25, 0.3) is 5.91 Å². The van der Waals surface area contributed by atoms with Crippen LogP contribution in [0, 0.1) is 0 Å². The SMILES string of the molecule is CCCOC(=O)c1ccc(NC(=O)/C(=C/c2ccco2)n2nnnc2-c2ccccc2)cc1. The minimum absolute atomic E-state index is 0.153. The first-order chi connectivity index (χ1) is 16.2. The number of amides is 1. The van der Waals surface area contributed by atoms with Crippen LogP contribution in [0.4, 0.5) is 5.69 Å². The summed E-state index contributed by atoms with van der Waals surface area (Å²) >= 11 is 0. The Hall–Kier alpha value is -4.53. The number of hydrogen-bond acceptors (Lipinski definition) is 7. The molecule has 2 heterocycles. The predicted molar refractivity (Wildman–Crippen MR) is 122 cm³/mol. The van der Waals surface area contributed by atoms with Gasteiger partial charge >= 0.3 is 5.97 Å². The number of nitrogens with zero attached hydrogens (tertiary/aromatic N) is 4. The van der Waals surface area contributed by atoms with Crippen molar-refractivity contribution in [3.8, 4) is 11.4 Å². The van der Waals surface area contributed by atoms with E-state index in [0.717, 1.165) is 12.0 Å². The molecule has 0 radical (unpaired) electrons. The molecule has 0 aliphatic carbocycles. The minimum Gasteiger partial charge on any atom is -0.465 e. The molecule has 4 aromatic rings. The second-order valence-electron chi connectivity index (χ2n) is 6.99. The largest absolute Gasteiger partial charge is 0.465 e. The van der Waals surface area contributed by atoms with Gasteiger partial charge in [0.05, 0.1) is 18.4 Å². The Labute approximate surface area is 189 Å². The van der Waals surface area contributed by atoms with Crippen molar-refractivity contribution in [3.05, 3.63) is 84.3 Å². The van der Waals surface area contributed by atoms with Gasteiger partial charge in [-0.2, -0.15) is 4.68 Å². The molecule has 0 atom stereocenters. The maximum atomic E-state index is 13.3. The van der Waals surface area contributed by atoms with E-state index in [9.17, 15) is 9.59 Å². The lowest BCUT2D eigenvalue weighted by atomic mass is 10.2. The second kappa shape index (κ2) is 10.2. The Bertz CT molecular complexity index is 1250. The van der Waals surface area contributed by atoms with Gasteiger partial charge in [-0.1, -0.05) is 37.3 Å². The fraction of sp³-hybridized carbons (Fsp3) is 0.125. The Morgan fingerprint density at radius 2 is 1.85 bits per heavy atom. The summed E-state index contributed by atoms with van der Waals surface area (Å²) in [7, 11) is 0. The third kappa shape index (κ3) is 5.21. The number of anilines is 1. The van der Waals surface area contributed by atoms with E-state index in [0.29, 0.717) is 29.4 Å². The van der Waals surface area contributed by atoms with Crippen molar-refractivity contribution < 1.29 is 18.7 Å². The molecular weight excluding hydrogens is 422 g/mol. The van der Waals surface area contributed by atoms with Crippen LogP contribution in [-0.4, -0.2) is 38.7 Å². The molecule has 0 aliphatic heterocycles. The maximum Gasteiger partial charge on any atom is 0.338 e. The second-order valence-corrected chi connectivity index (χ2v) is 6.99. The third-order valence-electron chi connectivity index (χ3n) is 4.60. The van der Waals surface area contributed by atoms with Crippen molar-refractivity contribution in [1.29, 1.82) is 0 Å². The number of esters is 1. The first-order valence-electron chi connectivity index (χ1n) is 10.3. The average Bonchev–Trinajstić information content (AvgIpc) is 3.54. The Morgan fingerprint density at radius 1 is 1.06 bits per heavy atom. The van der Waals surface area contributed by atoms with Gasteiger partial charge in [0.2, 0.25) is 0 Å². The molecule has 4 rings (SSSR count). The molecule has 0 fully saturated rings. The molecule has 9 heteroatoms. The van der Waals surface area contributed by atoms with Crippen LogP contribution in [0.3, 0.4) is 0 Å². The van der Waals surface area contributed by atoms with Crippen molar-refractivity contribution >= 4 is 29.3 Å². The highest BCUT2D eigenvalue weighted by Gasteiger charge is 2.20. The molecule has 0 bridgehead atoms. The van der Waals surface area contributed by atoms with Crippen LogP contribution >= 0.6 is 0 Å². The van der Waals surface area contributed by atoms with E-state index >= 15 is 0 Å². The lowest BCUT2D eigenvalue weighted by molar-refractivity contribution is -0.111. The van der Waals surface area contributed by atoms with Gasteiger partial charge in [-0.25, -0.2) is 4.79 Å². The topological polar surface area (TPSA) is 112 Å². The van der Waals surface area contributed by atoms with Gasteiger partial charge in [-0.15, -0.1) is 5.10 Å². The molecule has 0 saturated carbocycles. The summed E-state index contributed by atoms with van der Waals surface area (Å²) in [6.07, 6.45) is 3.80. The summed E-state index contributed by atoms with van der Waals surface area (Å²) in [5.74, 6) is -0.00670. The van der Waals surface area contributed by atoms with Gasteiger partial charge in [0.1, 0.15) is 11.5 Å². The number of carbonyl (C=O) groups is 2. The zero-order valence-corrected chi connectivity index (χ0v) is 17.8. The molecular formula is C24H21N5O4. The number of ether oxygens (including phenoxy) is 1. The summed E-state index contributed by atoms with van der Waals surface area (Å²) in [6.45, 7) is 2.28. The van der Waals surface area contributed by atoms with Crippen molar-refractivity contribution in [2.24, 2.45) is 0 Å². The standard InChI is InChI=1S/C24H21N5O4/c1-2-14-33-24(31)18-10-12-19(13-11-18)25-23(30)21(16-20-9-6-15-32-20)29-22(26-27-28-29)17-7-4-3-5-8-17/h3-13,15-16H,2,14H2,1H3,(H,25,30)/b21-16-. The maximum absolute atomic E-state index is 13.3. The predicted octanol–water partition coefficient (Wildman–Crippen LogP) is 4.14. The number of rotatable bonds is 8. The van der Waals surface area contributed by atoms with Crippen LogP contribution in [-0.2, 0) is 9.53 Å². The first kappa shape index (κ1) is 21.7. The van der Waals surface area contributed by atoms with Gasteiger partial charge in [-0.05, 0) is 53.2 Å². The first-order valence-corrected chi connectivity index (χ1v) is 10.3. The summed E-state index contributed by atoms with van der Waals surface area (Å²) < 4.78 is 11.9. The van der Waals surface area contributed by atoms with Crippen molar-refractivity contribution in [1.82, 2.24) is 20.2 Å². The number of benzene rings is 2. The molecule has 166 valence electrons. The van der Waals surface area contributed by atoms with Crippen LogP contribution in [0.2, 0.25) is 0 Å². The summed E-state index contributed by atoms with van der Waals surface area (Å²) in [5, 5.41) is 14.7. The van der Waals surface area contributed by atoms with E-state index in [-0.39, 0.29) is 5.70 Å². The van der Waals surface area contributed by atoms with Gasteiger partial charge in [-0.3, -0.25) is 4.79 Å². The number of furan rings is 1.